The van der Waals surface area contributed by atoms with Crippen molar-refractivity contribution in [1.29, 1.82) is 0 Å². The number of aromatic nitrogens is 5. The van der Waals surface area contributed by atoms with Gasteiger partial charge < -0.3 is 0 Å². The Labute approximate surface area is 176 Å². The molecule has 8 heteroatoms. The van der Waals surface area contributed by atoms with Gasteiger partial charge in [0, 0.05) is 40.0 Å². The molecule has 0 N–H and O–H groups in total. The Bertz CT molecular complexity index is 1170. The second kappa shape index (κ2) is 7.51. The van der Waals surface area contributed by atoms with E-state index in [1.807, 2.05) is 25.1 Å². The molecule has 0 saturated carbocycles. The lowest BCUT2D eigenvalue weighted by molar-refractivity contribution is 0.715. The van der Waals surface area contributed by atoms with Crippen LogP contribution in [-0.2, 0) is 7.05 Å². The first-order valence-electron chi connectivity index (χ1n) is 8.30. The second-order valence-electron chi connectivity index (χ2n) is 6.22. The second-order valence-corrected chi connectivity index (χ2v) is 7.41. The van der Waals surface area contributed by atoms with Gasteiger partial charge in [0.15, 0.2) is 5.82 Å². The number of benzene rings is 2. The molecular weight excluding hydrogens is 417 g/mol. The molecule has 2 heterocycles. The van der Waals surface area contributed by atoms with Crippen LogP contribution in [0.5, 0.6) is 0 Å². The third-order valence-corrected chi connectivity index (χ3v) is 5.39. The highest BCUT2D eigenvalue weighted by Gasteiger charge is 2.23. The topological polar surface area (TPSA) is 56.5 Å². The van der Waals surface area contributed by atoms with E-state index in [4.69, 9.17) is 34.8 Å². The highest BCUT2D eigenvalue weighted by atomic mass is 35.5. The fourth-order valence-corrected chi connectivity index (χ4v) is 3.74. The zero-order chi connectivity index (χ0) is 19.8. The van der Waals surface area contributed by atoms with Crippen molar-refractivity contribution in [1.82, 2.24) is 25.0 Å². The summed E-state index contributed by atoms with van der Waals surface area (Å²) in [5, 5.41) is 9.82. The van der Waals surface area contributed by atoms with Crippen LogP contribution in [-0.4, -0.2) is 25.0 Å². The van der Waals surface area contributed by atoms with Crippen LogP contribution in [0.4, 0.5) is 0 Å². The Hall–Kier alpha value is -2.47. The fourth-order valence-electron chi connectivity index (χ4n) is 2.92. The van der Waals surface area contributed by atoms with Crippen molar-refractivity contribution in [2.45, 2.75) is 6.92 Å². The summed E-state index contributed by atoms with van der Waals surface area (Å²) in [7, 11) is 1.79. The molecule has 28 heavy (non-hydrogen) atoms. The Morgan fingerprint density at radius 1 is 1.04 bits per heavy atom. The molecule has 5 nitrogen and oxygen atoms in total. The molecule has 0 fully saturated rings. The standard InChI is InChI=1S/C20H13Cl3N5/c1-11-4-5-12(8-14(11)21)17-15(22)9-13(20-24-6-3-7-25-20)19(23)18(17)16-10-28(2)27-26-16/h3-6,8-10H,1-2H3. The van der Waals surface area contributed by atoms with E-state index < -0.39 is 0 Å². The maximum absolute atomic E-state index is 6.82. The van der Waals surface area contributed by atoms with E-state index in [1.165, 1.54) is 0 Å². The average molecular weight is 430 g/mol. The molecule has 0 aliphatic heterocycles. The maximum Gasteiger partial charge on any atom is 0.161 e. The van der Waals surface area contributed by atoms with E-state index in [9.17, 15) is 0 Å². The lowest BCUT2D eigenvalue weighted by atomic mass is 9.94. The predicted molar refractivity (Wildman–Crippen MR) is 112 cm³/mol. The van der Waals surface area contributed by atoms with Gasteiger partial charge >= 0.3 is 0 Å². The van der Waals surface area contributed by atoms with Gasteiger partial charge in [-0.25, -0.2) is 9.97 Å². The van der Waals surface area contributed by atoms with Gasteiger partial charge in [-0.05, 0) is 36.2 Å². The van der Waals surface area contributed by atoms with E-state index in [-0.39, 0.29) is 0 Å². The number of halogens is 3. The van der Waals surface area contributed by atoms with E-state index in [0.717, 1.165) is 16.7 Å². The molecule has 0 saturated heterocycles. The van der Waals surface area contributed by atoms with Gasteiger partial charge in [0.25, 0.3) is 0 Å². The van der Waals surface area contributed by atoms with Crippen molar-refractivity contribution in [3.8, 4) is 33.8 Å². The molecule has 0 atom stereocenters. The zero-order valence-corrected chi connectivity index (χ0v) is 17.2. The van der Waals surface area contributed by atoms with Gasteiger partial charge in [-0.2, -0.15) is 0 Å². The van der Waals surface area contributed by atoms with Crippen molar-refractivity contribution in [2.24, 2.45) is 7.05 Å². The molecular formula is C20H13Cl3N5. The molecule has 4 rings (SSSR count). The van der Waals surface area contributed by atoms with Crippen LogP contribution < -0.4 is 0 Å². The SMILES string of the molecule is Cc1ccc(-c2c(Cl)cc(-c3n[c]ccn3)c(Cl)c2-c2cn(C)nn2)cc1Cl. The van der Waals surface area contributed by atoms with Crippen molar-refractivity contribution in [3.05, 3.63) is 69.6 Å². The summed E-state index contributed by atoms with van der Waals surface area (Å²) in [6.45, 7) is 1.94. The minimum Gasteiger partial charge on any atom is -0.255 e. The molecule has 0 amide bonds. The zero-order valence-electron chi connectivity index (χ0n) is 14.9. The van der Waals surface area contributed by atoms with Gasteiger partial charge in [0.05, 0.1) is 17.4 Å². The Balaban J connectivity index is 2.05. The highest BCUT2D eigenvalue weighted by molar-refractivity contribution is 6.40. The smallest absolute Gasteiger partial charge is 0.161 e. The van der Waals surface area contributed by atoms with Crippen LogP contribution in [0.3, 0.4) is 0 Å². The van der Waals surface area contributed by atoms with Crippen molar-refractivity contribution < 1.29 is 0 Å². The largest absolute Gasteiger partial charge is 0.255 e. The van der Waals surface area contributed by atoms with Crippen LogP contribution in [0, 0.1) is 13.1 Å². The monoisotopic (exact) mass is 428 g/mol. The van der Waals surface area contributed by atoms with Crippen molar-refractivity contribution in [3.63, 3.8) is 0 Å². The predicted octanol–water partition coefficient (Wildman–Crippen LogP) is 5.67. The summed E-state index contributed by atoms with van der Waals surface area (Å²) in [6, 6.07) is 9.11. The molecule has 1 radical (unpaired) electrons. The van der Waals surface area contributed by atoms with E-state index in [2.05, 4.69) is 26.5 Å². The number of aryl methyl sites for hydroxylation is 2. The number of rotatable bonds is 3. The fraction of sp³-hybridized carbons (Fsp3) is 0.100. The molecule has 0 aliphatic carbocycles. The van der Waals surface area contributed by atoms with Crippen LogP contribution in [0.1, 0.15) is 5.56 Å². The summed E-state index contributed by atoms with van der Waals surface area (Å²) >= 11 is 19.9. The minimum atomic E-state index is 0.424. The third kappa shape index (κ3) is 3.37. The van der Waals surface area contributed by atoms with Crippen molar-refractivity contribution >= 4 is 34.8 Å². The van der Waals surface area contributed by atoms with Gasteiger partial charge in [0.1, 0.15) is 5.69 Å². The van der Waals surface area contributed by atoms with Gasteiger partial charge in [-0.3, -0.25) is 4.68 Å². The molecule has 0 unspecified atom stereocenters. The Morgan fingerprint density at radius 3 is 2.50 bits per heavy atom. The van der Waals surface area contributed by atoms with Gasteiger partial charge in [0.2, 0.25) is 0 Å². The van der Waals surface area contributed by atoms with E-state index in [1.54, 1.807) is 36.3 Å². The van der Waals surface area contributed by atoms with Crippen LogP contribution in [0.2, 0.25) is 15.1 Å². The lowest BCUT2D eigenvalue weighted by Crippen LogP contribution is -1.95. The molecule has 2 aromatic carbocycles. The molecule has 0 aliphatic rings. The van der Waals surface area contributed by atoms with Crippen LogP contribution in [0.15, 0.2) is 42.7 Å². The minimum absolute atomic E-state index is 0.424. The maximum atomic E-state index is 6.82. The number of nitrogens with zero attached hydrogens (tertiary/aromatic N) is 5. The summed E-state index contributed by atoms with van der Waals surface area (Å²) in [5.74, 6) is 0.424. The first-order valence-corrected chi connectivity index (χ1v) is 9.43. The van der Waals surface area contributed by atoms with E-state index in [0.29, 0.717) is 37.7 Å². The molecule has 4 aromatic rings. The molecule has 139 valence electrons. The highest BCUT2D eigenvalue weighted by Crippen LogP contribution is 2.46. The van der Waals surface area contributed by atoms with Crippen LogP contribution >= 0.6 is 34.8 Å². The van der Waals surface area contributed by atoms with Crippen LogP contribution in [0.25, 0.3) is 33.8 Å². The number of hydrogen-bond donors (Lipinski definition) is 0. The van der Waals surface area contributed by atoms with E-state index >= 15 is 0 Å². The molecule has 2 aromatic heterocycles. The summed E-state index contributed by atoms with van der Waals surface area (Å²) < 4.78 is 1.60. The Morgan fingerprint density at radius 2 is 1.86 bits per heavy atom. The van der Waals surface area contributed by atoms with Crippen molar-refractivity contribution in [2.75, 3.05) is 0 Å². The first-order chi connectivity index (χ1) is 13.5. The summed E-state index contributed by atoms with van der Waals surface area (Å²) in [4.78, 5) is 8.45. The normalized spacial score (nSPS) is 11.0. The Kier molecular flexibility index (Phi) is 5.06. The summed E-state index contributed by atoms with van der Waals surface area (Å²) in [5.41, 5.74) is 4.34. The third-order valence-electron chi connectivity index (χ3n) is 4.29. The number of hydrogen-bond acceptors (Lipinski definition) is 4. The molecule has 0 bridgehead atoms. The quantitative estimate of drug-likeness (QED) is 0.421. The first kappa shape index (κ1) is 18.9. The van der Waals surface area contributed by atoms with Gasteiger partial charge in [-0.15, -0.1) is 5.10 Å². The summed E-state index contributed by atoms with van der Waals surface area (Å²) in [6.07, 6.45) is 6.14. The lowest BCUT2D eigenvalue weighted by Gasteiger charge is -2.16. The molecule has 0 spiro atoms. The van der Waals surface area contributed by atoms with Gasteiger partial charge in [-0.1, -0.05) is 52.1 Å². The average Bonchev–Trinajstić information content (AvgIpc) is 3.12.